The lowest BCUT2D eigenvalue weighted by Gasteiger charge is -2.28. The fraction of sp³-hybridized carbons (Fsp3) is 0.185. The van der Waals surface area contributed by atoms with Crippen LogP contribution in [0.4, 0.5) is 11.4 Å². The Bertz CT molecular complexity index is 1490. The summed E-state index contributed by atoms with van der Waals surface area (Å²) < 4.78 is 7.57. The number of anilines is 1. The second-order valence-electron chi connectivity index (χ2n) is 8.79. The number of benzene rings is 2. The second kappa shape index (κ2) is 9.55. The highest BCUT2D eigenvalue weighted by atomic mass is 32.1. The molecule has 0 bridgehead atoms. The Labute approximate surface area is 219 Å². The lowest BCUT2D eigenvalue weighted by molar-refractivity contribution is -0.384. The minimum atomic E-state index is -0.439. The highest BCUT2D eigenvalue weighted by Crippen LogP contribution is 2.44. The number of hydrogen-bond acceptors (Lipinski definition) is 6. The predicted octanol–water partition coefficient (Wildman–Crippen LogP) is 5.29. The Morgan fingerprint density at radius 1 is 1.11 bits per heavy atom. The molecule has 2 N–H and O–H groups in total. The highest BCUT2D eigenvalue weighted by molar-refractivity contribution is 7.80. The van der Waals surface area contributed by atoms with Crippen molar-refractivity contribution < 1.29 is 14.8 Å². The van der Waals surface area contributed by atoms with E-state index in [1.54, 1.807) is 24.4 Å². The fourth-order valence-corrected chi connectivity index (χ4v) is 5.33. The molecule has 1 saturated heterocycles. The van der Waals surface area contributed by atoms with Gasteiger partial charge in [0.2, 0.25) is 0 Å². The van der Waals surface area contributed by atoms with Crippen LogP contribution in [0.1, 0.15) is 34.7 Å². The summed E-state index contributed by atoms with van der Waals surface area (Å²) in [6, 6.07) is 18.9. The van der Waals surface area contributed by atoms with Crippen molar-refractivity contribution in [3.63, 3.8) is 0 Å². The number of pyridine rings is 1. The van der Waals surface area contributed by atoms with Gasteiger partial charge in [-0.15, -0.1) is 0 Å². The first-order valence-electron chi connectivity index (χ1n) is 11.6. The van der Waals surface area contributed by atoms with Crippen molar-refractivity contribution in [1.82, 2.24) is 14.9 Å². The van der Waals surface area contributed by atoms with Crippen LogP contribution in [0, 0.1) is 24.0 Å². The van der Waals surface area contributed by atoms with Crippen molar-refractivity contribution in [2.24, 2.45) is 0 Å². The van der Waals surface area contributed by atoms with Crippen molar-refractivity contribution in [2.75, 3.05) is 12.0 Å². The van der Waals surface area contributed by atoms with Crippen LogP contribution in [-0.2, 0) is 0 Å². The molecule has 5 rings (SSSR count). The van der Waals surface area contributed by atoms with Crippen molar-refractivity contribution in [2.45, 2.75) is 25.9 Å². The summed E-state index contributed by atoms with van der Waals surface area (Å²) in [5.41, 5.74) is 5.21. The zero-order valence-corrected chi connectivity index (χ0v) is 21.3. The van der Waals surface area contributed by atoms with Crippen LogP contribution in [0.3, 0.4) is 0 Å². The minimum Gasteiger partial charge on any atom is -0.508 e. The maximum atomic E-state index is 11.3. The summed E-state index contributed by atoms with van der Waals surface area (Å²) in [5.74, 6) is 0.572. The van der Waals surface area contributed by atoms with Crippen LogP contribution >= 0.6 is 12.2 Å². The average Bonchev–Trinajstić information content (AvgIpc) is 3.39. The van der Waals surface area contributed by atoms with Gasteiger partial charge in [-0.05, 0) is 80.2 Å². The number of thiocarbonyl (C=S) groups is 1. The monoisotopic (exact) mass is 515 g/mol. The highest BCUT2D eigenvalue weighted by Gasteiger charge is 2.42. The zero-order chi connectivity index (χ0) is 26.3. The van der Waals surface area contributed by atoms with E-state index >= 15 is 0 Å². The first-order valence-corrected chi connectivity index (χ1v) is 12.0. The molecule has 0 radical (unpaired) electrons. The summed E-state index contributed by atoms with van der Waals surface area (Å²) in [4.78, 5) is 17.5. The number of aromatic hydroxyl groups is 1. The SMILES string of the molecule is COc1cc([N+](=O)[O-])ccc1-n1c(C)cc([C@@H]2[C@H](c3ccccn3)NC(=S)N2c2ccc(O)cc2)c1C. The van der Waals surface area contributed by atoms with Gasteiger partial charge in [0.05, 0.1) is 41.6 Å². The van der Waals surface area contributed by atoms with Crippen LogP contribution in [0.15, 0.2) is 72.9 Å². The first-order chi connectivity index (χ1) is 17.8. The molecule has 9 nitrogen and oxygen atoms in total. The third-order valence-electron chi connectivity index (χ3n) is 6.63. The van der Waals surface area contributed by atoms with E-state index in [9.17, 15) is 15.2 Å². The zero-order valence-electron chi connectivity index (χ0n) is 20.5. The summed E-state index contributed by atoms with van der Waals surface area (Å²) in [7, 11) is 1.50. The smallest absolute Gasteiger partial charge is 0.273 e. The molecule has 0 unspecified atom stereocenters. The Morgan fingerprint density at radius 2 is 1.86 bits per heavy atom. The summed E-state index contributed by atoms with van der Waals surface area (Å²) >= 11 is 5.80. The van der Waals surface area contributed by atoms with E-state index in [0.717, 1.165) is 28.3 Å². The quantitative estimate of drug-likeness (QED) is 0.203. The number of hydrogen-bond donors (Lipinski definition) is 2. The van der Waals surface area contributed by atoms with Crippen molar-refractivity contribution in [1.29, 1.82) is 0 Å². The molecule has 1 fully saturated rings. The Morgan fingerprint density at radius 3 is 2.51 bits per heavy atom. The number of nitro groups is 1. The molecule has 0 amide bonds. The van der Waals surface area contributed by atoms with Gasteiger partial charge in [0, 0.05) is 29.3 Å². The number of aromatic nitrogens is 2. The largest absolute Gasteiger partial charge is 0.508 e. The van der Waals surface area contributed by atoms with Crippen molar-refractivity contribution >= 4 is 28.7 Å². The number of nitrogens with one attached hydrogen (secondary N) is 1. The number of rotatable bonds is 6. The molecule has 10 heteroatoms. The van der Waals surface area contributed by atoms with E-state index < -0.39 is 4.92 Å². The number of non-ortho nitro benzene ring substituents is 1. The third-order valence-corrected chi connectivity index (χ3v) is 6.94. The van der Waals surface area contributed by atoms with Crippen LogP contribution in [-0.4, -0.2) is 31.8 Å². The van der Waals surface area contributed by atoms with Gasteiger partial charge in [0.15, 0.2) is 5.11 Å². The normalized spacial score (nSPS) is 17.1. The Hall–Kier alpha value is -4.44. The van der Waals surface area contributed by atoms with Gasteiger partial charge < -0.3 is 24.6 Å². The molecule has 0 spiro atoms. The number of nitro benzene ring substituents is 1. The third kappa shape index (κ3) is 4.25. The predicted molar refractivity (Wildman–Crippen MR) is 144 cm³/mol. The molecular formula is C27H25N5O4S. The van der Waals surface area contributed by atoms with Crippen LogP contribution < -0.4 is 15.0 Å². The van der Waals surface area contributed by atoms with Gasteiger partial charge in [-0.3, -0.25) is 15.1 Å². The number of ether oxygens (including phenoxy) is 1. The van der Waals surface area contributed by atoms with E-state index in [-0.39, 0.29) is 23.5 Å². The minimum absolute atomic E-state index is 0.0395. The molecule has 188 valence electrons. The summed E-state index contributed by atoms with van der Waals surface area (Å²) in [6.07, 6.45) is 1.76. The topological polar surface area (TPSA) is 106 Å². The maximum absolute atomic E-state index is 11.3. The number of phenols is 1. The first kappa shape index (κ1) is 24.3. The summed E-state index contributed by atoms with van der Waals surface area (Å²) in [5, 5.41) is 25.2. The molecular weight excluding hydrogens is 490 g/mol. The molecule has 2 atom stereocenters. The maximum Gasteiger partial charge on any atom is 0.273 e. The average molecular weight is 516 g/mol. The number of phenolic OH excluding ortho intramolecular Hbond substituents is 1. The second-order valence-corrected chi connectivity index (χ2v) is 9.17. The summed E-state index contributed by atoms with van der Waals surface area (Å²) in [6.45, 7) is 3.99. The van der Waals surface area contributed by atoms with E-state index in [1.807, 2.05) is 53.6 Å². The number of methoxy groups -OCH3 is 1. The van der Waals surface area contributed by atoms with Gasteiger partial charge >= 0.3 is 0 Å². The molecule has 37 heavy (non-hydrogen) atoms. The Kier molecular flexibility index (Phi) is 6.26. The van der Waals surface area contributed by atoms with E-state index in [2.05, 4.69) is 16.4 Å². The van der Waals surface area contributed by atoms with Gasteiger partial charge in [0.1, 0.15) is 11.5 Å². The van der Waals surface area contributed by atoms with Gasteiger partial charge in [-0.1, -0.05) is 6.07 Å². The van der Waals surface area contributed by atoms with Gasteiger partial charge in [-0.25, -0.2) is 0 Å². The molecule has 0 saturated carbocycles. The molecule has 1 aliphatic rings. The van der Waals surface area contributed by atoms with E-state index in [0.29, 0.717) is 16.5 Å². The van der Waals surface area contributed by atoms with Gasteiger partial charge in [0.25, 0.3) is 5.69 Å². The molecule has 1 aliphatic heterocycles. The molecule has 4 aromatic rings. The van der Waals surface area contributed by atoms with Crippen molar-refractivity contribution in [3.05, 3.63) is 106 Å². The van der Waals surface area contributed by atoms with Crippen LogP contribution in [0.5, 0.6) is 11.5 Å². The lowest BCUT2D eigenvalue weighted by atomic mass is 9.96. The molecule has 3 heterocycles. The fourth-order valence-electron chi connectivity index (χ4n) is 4.98. The number of nitrogens with zero attached hydrogens (tertiary/aromatic N) is 4. The van der Waals surface area contributed by atoms with Crippen LogP contribution in [0.2, 0.25) is 0 Å². The molecule has 2 aromatic carbocycles. The standard InChI is InChI=1S/C27H25N5O4S/c1-16-14-21(17(2)30(16)23-12-9-19(32(34)35)15-24(23)36-3)26-25(22-6-4-5-13-28-22)29-27(37)31(26)18-7-10-20(33)11-8-18/h4-15,25-26,33H,1-3H3,(H,29,37)/t25-,26+/m0/s1. The number of aryl methyl sites for hydroxylation is 1. The Balaban J connectivity index is 1.68. The van der Waals surface area contributed by atoms with E-state index in [1.165, 1.54) is 19.2 Å². The van der Waals surface area contributed by atoms with E-state index in [4.69, 9.17) is 17.0 Å². The molecule has 0 aliphatic carbocycles. The lowest BCUT2D eigenvalue weighted by Crippen LogP contribution is -2.29. The van der Waals surface area contributed by atoms with Crippen molar-refractivity contribution in [3.8, 4) is 17.2 Å². The van der Waals surface area contributed by atoms with Gasteiger partial charge in [-0.2, -0.15) is 0 Å². The van der Waals surface area contributed by atoms with Crippen LogP contribution in [0.25, 0.3) is 5.69 Å². The molecule has 2 aromatic heterocycles.